The van der Waals surface area contributed by atoms with Crippen LogP contribution in [0.4, 0.5) is 10.2 Å². The highest BCUT2D eigenvalue weighted by Gasteiger charge is 2.34. The Morgan fingerprint density at radius 2 is 1.55 bits per heavy atom. The minimum atomic E-state index is -0.294. The van der Waals surface area contributed by atoms with E-state index in [1.54, 1.807) is 16.8 Å². The third-order valence-electron chi connectivity index (χ3n) is 5.24. The first-order valence-corrected chi connectivity index (χ1v) is 9.50. The zero-order valence-electron chi connectivity index (χ0n) is 15.5. The number of nitrogens with one attached hydrogen (secondary N) is 1. The minimum Gasteiger partial charge on any atom is -0.310 e. The number of hydrogen-bond donors (Lipinski definition) is 1. The highest BCUT2D eigenvalue weighted by Crippen LogP contribution is 2.43. The van der Waals surface area contributed by atoms with E-state index in [2.05, 4.69) is 5.32 Å². The van der Waals surface area contributed by atoms with Crippen molar-refractivity contribution in [2.24, 2.45) is 0 Å². The molecule has 0 saturated heterocycles. The van der Waals surface area contributed by atoms with Gasteiger partial charge in [-0.3, -0.25) is 4.79 Å². The Balaban J connectivity index is 1.77. The van der Waals surface area contributed by atoms with Gasteiger partial charge < -0.3 is 5.32 Å². The number of aromatic nitrogens is 2. The maximum Gasteiger partial charge on any atom is 0.226 e. The van der Waals surface area contributed by atoms with E-state index >= 15 is 0 Å². The topological polar surface area (TPSA) is 46.9 Å². The SMILES string of the molecule is O=C1CC(c2ccc(F)cc2)c2c(-c3ccccc3)nn(-c3ccccc3)c2N1. The predicted octanol–water partition coefficient (Wildman–Crippen LogP) is 5.15. The lowest BCUT2D eigenvalue weighted by Gasteiger charge is -2.24. The molecule has 1 N–H and O–H groups in total. The van der Waals surface area contributed by atoms with E-state index < -0.39 is 0 Å². The molecule has 1 aliphatic rings. The second-order valence-electron chi connectivity index (χ2n) is 7.08. The van der Waals surface area contributed by atoms with Gasteiger partial charge >= 0.3 is 0 Å². The van der Waals surface area contributed by atoms with Crippen molar-refractivity contribution < 1.29 is 9.18 Å². The van der Waals surface area contributed by atoms with Crippen LogP contribution in [0.2, 0.25) is 0 Å². The molecule has 4 nitrogen and oxygen atoms in total. The third kappa shape index (κ3) is 3.10. The van der Waals surface area contributed by atoms with Gasteiger partial charge in [-0.25, -0.2) is 9.07 Å². The molecule has 142 valence electrons. The molecule has 1 amide bonds. The van der Waals surface area contributed by atoms with E-state index in [9.17, 15) is 9.18 Å². The number of fused-ring (bicyclic) bond motifs is 1. The molecule has 29 heavy (non-hydrogen) atoms. The van der Waals surface area contributed by atoms with Crippen LogP contribution >= 0.6 is 0 Å². The number of hydrogen-bond acceptors (Lipinski definition) is 2. The summed E-state index contributed by atoms with van der Waals surface area (Å²) in [5, 5.41) is 7.90. The molecule has 4 aromatic rings. The molecule has 0 bridgehead atoms. The van der Waals surface area contributed by atoms with Crippen molar-refractivity contribution in [3.05, 3.63) is 102 Å². The molecule has 5 rings (SSSR count). The normalized spacial score (nSPS) is 15.6. The zero-order chi connectivity index (χ0) is 19.8. The van der Waals surface area contributed by atoms with Gasteiger partial charge in [0.2, 0.25) is 5.91 Å². The number of carbonyl (C=O) groups is 1. The summed E-state index contributed by atoms with van der Waals surface area (Å²) >= 11 is 0. The number of benzene rings is 3. The molecular weight excluding hydrogens is 365 g/mol. The standard InChI is InChI=1S/C24H18FN3O/c25-18-13-11-16(12-14-18)20-15-21(29)26-24-22(20)23(17-7-3-1-4-8-17)27-28(24)19-9-5-2-6-10-19/h1-14,20H,15H2,(H,26,29). The smallest absolute Gasteiger partial charge is 0.226 e. The Kier molecular flexibility index (Phi) is 4.21. The van der Waals surface area contributed by atoms with Crippen molar-refractivity contribution >= 4 is 11.7 Å². The molecular formula is C24H18FN3O. The molecule has 1 unspecified atom stereocenters. The lowest BCUT2D eigenvalue weighted by molar-refractivity contribution is -0.116. The Labute approximate surface area is 167 Å². The van der Waals surface area contributed by atoms with Crippen molar-refractivity contribution in [1.82, 2.24) is 9.78 Å². The first kappa shape index (κ1) is 17.4. The molecule has 0 spiro atoms. The summed E-state index contributed by atoms with van der Waals surface area (Å²) in [6, 6.07) is 26.0. The van der Waals surface area contributed by atoms with Gasteiger partial charge in [-0.15, -0.1) is 0 Å². The second kappa shape index (κ2) is 7.02. The molecule has 1 atom stereocenters. The summed E-state index contributed by atoms with van der Waals surface area (Å²) < 4.78 is 15.3. The monoisotopic (exact) mass is 383 g/mol. The highest BCUT2D eigenvalue weighted by molar-refractivity contribution is 5.96. The van der Waals surface area contributed by atoms with E-state index in [4.69, 9.17) is 5.10 Å². The second-order valence-corrected chi connectivity index (χ2v) is 7.08. The van der Waals surface area contributed by atoms with Crippen LogP contribution in [0, 0.1) is 5.82 Å². The number of anilines is 1. The largest absolute Gasteiger partial charge is 0.310 e. The van der Waals surface area contributed by atoms with Gasteiger partial charge in [0.15, 0.2) is 0 Å². The quantitative estimate of drug-likeness (QED) is 0.532. The highest BCUT2D eigenvalue weighted by atomic mass is 19.1. The maximum absolute atomic E-state index is 13.5. The zero-order valence-corrected chi connectivity index (χ0v) is 15.5. The van der Waals surface area contributed by atoms with Gasteiger partial charge in [-0.05, 0) is 29.8 Å². The van der Waals surface area contributed by atoms with Crippen molar-refractivity contribution in [2.75, 3.05) is 5.32 Å². The average Bonchev–Trinajstić information content (AvgIpc) is 3.14. The van der Waals surface area contributed by atoms with E-state index in [-0.39, 0.29) is 17.6 Å². The Bertz CT molecular complexity index is 1170. The number of nitrogens with zero attached hydrogens (tertiary/aromatic N) is 2. The molecule has 0 aliphatic carbocycles. The number of carbonyl (C=O) groups excluding carboxylic acids is 1. The molecule has 0 fully saturated rings. The average molecular weight is 383 g/mol. The summed E-state index contributed by atoms with van der Waals surface area (Å²) in [6.45, 7) is 0. The molecule has 3 aromatic carbocycles. The first-order chi connectivity index (χ1) is 14.2. The van der Waals surface area contributed by atoms with E-state index in [0.29, 0.717) is 12.2 Å². The minimum absolute atomic E-state index is 0.0801. The van der Waals surface area contributed by atoms with Crippen LogP contribution in [0.15, 0.2) is 84.9 Å². The van der Waals surface area contributed by atoms with Crippen molar-refractivity contribution in [2.45, 2.75) is 12.3 Å². The van der Waals surface area contributed by atoms with Crippen LogP contribution in [-0.2, 0) is 4.79 Å². The lowest BCUT2D eigenvalue weighted by atomic mass is 9.84. The summed E-state index contributed by atoms with van der Waals surface area (Å²) in [4.78, 5) is 12.6. The van der Waals surface area contributed by atoms with Crippen LogP contribution < -0.4 is 5.32 Å². The molecule has 0 radical (unpaired) electrons. The van der Waals surface area contributed by atoms with Crippen LogP contribution in [0.25, 0.3) is 16.9 Å². The molecule has 0 saturated carbocycles. The molecule has 1 aliphatic heterocycles. The Morgan fingerprint density at radius 1 is 0.897 bits per heavy atom. The third-order valence-corrected chi connectivity index (χ3v) is 5.24. The fourth-order valence-electron chi connectivity index (χ4n) is 3.90. The van der Waals surface area contributed by atoms with Crippen LogP contribution in [-0.4, -0.2) is 15.7 Å². The van der Waals surface area contributed by atoms with Gasteiger partial charge in [-0.2, -0.15) is 5.10 Å². The van der Waals surface area contributed by atoms with Gasteiger partial charge in [0, 0.05) is 23.5 Å². The Hall–Kier alpha value is -3.73. The lowest BCUT2D eigenvalue weighted by Crippen LogP contribution is -2.24. The van der Waals surface area contributed by atoms with Gasteiger partial charge in [-0.1, -0.05) is 60.7 Å². The van der Waals surface area contributed by atoms with Crippen molar-refractivity contribution in [3.8, 4) is 16.9 Å². The van der Waals surface area contributed by atoms with Crippen LogP contribution in [0.1, 0.15) is 23.5 Å². The number of halogens is 1. The summed E-state index contributed by atoms with van der Waals surface area (Å²) in [5.41, 5.74) is 4.50. The van der Waals surface area contributed by atoms with Crippen LogP contribution in [0.5, 0.6) is 0 Å². The first-order valence-electron chi connectivity index (χ1n) is 9.50. The molecule has 5 heteroatoms. The number of para-hydroxylation sites is 1. The molecule has 1 aromatic heterocycles. The summed E-state index contributed by atoms with van der Waals surface area (Å²) in [7, 11) is 0. The fourth-order valence-corrected chi connectivity index (χ4v) is 3.90. The number of rotatable bonds is 3. The number of amides is 1. The van der Waals surface area contributed by atoms with Gasteiger partial charge in [0.05, 0.1) is 11.4 Å². The summed E-state index contributed by atoms with van der Waals surface area (Å²) in [6.07, 6.45) is 0.291. The fraction of sp³-hybridized carbons (Fsp3) is 0.0833. The Morgan fingerprint density at radius 3 is 2.24 bits per heavy atom. The molecule has 2 heterocycles. The van der Waals surface area contributed by atoms with Crippen LogP contribution in [0.3, 0.4) is 0 Å². The van der Waals surface area contributed by atoms with Crippen molar-refractivity contribution in [3.63, 3.8) is 0 Å². The van der Waals surface area contributed by atoms with E-state index in [1.807, 2.05) is 60.7 Å². The summed E-state index contributed by atoms with van der Waals surface area (Å²) in [5.74, 6) is 0.0914. The predicted molar refractivity (Wildman–Crippen MR) is 110 cm³/mol. The van der Waals surface area contributed by atoms with Gasteiger partial charge in [0.1, 0.15) is 11.6 Å². The van der Waals surface area contributed by atoms with E-state index in [1.165, 1.54) is 12.1 Å². The van der Waals surface area contributed by atoms with Crippen molar-refractivity contribution in [1.29, 1.82) is 0 Å². The maximum atomic E-state index is 13.5. The van der Waals surface area contributed by atoms with Gasteiger partial charge in [0.25, 0.3) is 0 Å². The van der Waals surface area contributed by atoms with E-state index in [0.717, 1.165) is 28.1 Å².